The van der Waals surface area contributed by atoms with Crippen molar-refractivity contribution in [2.45, 2.75) is 102 Å². The van der Waals surface area contributed by atoms with E-state index < -0.39 is 5.97 Å². The lowest BCUT2D eigenvalue weighted by molar-refractivity contribution is -0.194. The smallest absolute Gasteiger partial charge is 0.316 e. The Morgan fingerprint density at radius 2 is 1.72 bits per heavy atom. The van der Waals surface area contributed by atoms with E-state index in [0.29, 0.717) is 35.5 Å². The molecular formula is C26H41IO5. The van der Waals surface area contributed by atoms with Gasteiger partial charge in [-0.2, -0.15) is 0 Å². The molecule has 2 N–H and O–H groups in total. The molecule has 4 fully saturated rings. The van der Waals surface area contributed by atoms with Gasteiger partial charge in [-0.3, -0.25) is 9.59 Å². The van der Waals surface area contributed by atoms with E-state index in [0.717, 1.165) is 51.4 Å². The standard InChI is InChI=1S/C26H41IO5/c1-14(11-21(27)24(30)31)18-5-6-19-23-20(8-10-26(18,19)4)25(3)9-7-17(29)12-16(25)13-22(23)32-15(2)28/h14,16-23,29H,5-13H2,1-4H3,(H,30,31)/t14?,16?,17-,18?,19?,20?,21?,22+,23?,25+,26-/m1/s1. The first-order valence-electron chi connectivity index (χ1n) is 12.7. The van der Waals surface area contributed by atoms with Crippen molar-refractivity contribution in [1.82, 2.24) is 0 Å². The number of aliphatic carboxylic acids is 1. The molecular weight excluding hydrogens is 519 g/mol. The molecule has 0 aromatic carbocycles. The van der Waals surface area contributed by atoms with Crippen molar-refractivity contribution in [2.24, 2.45) is 46.3 Å². The second-order valence-electron chi connectivity index (χ2n) is 12.1. The molecule has 4 saturated carbocycles. The summed E-state index contributed by atoms with van der Waals surface area (Å²) in [5.41, 5.74) is 0.410. The van der Waals surface area contributed by atoms with Gasteiger partial charge in [-0.25, -0.2) is 0 Å². The van der Waals surface area contributed by atoms with Crippen LogP contribution in [0.15, 0.2) is 0 Å². The Hall–Kier alpha value is -0.370. The van der Waals surface area contributed by atoms with Crippen molar-refractivity contribution >= 4 is 34.5 Å². The number of alkyl halides is 1. The summed E-state index contributed by atoms with van der Waals surface area (Å²) in [6.45, 7) is 8.70. The third kappa shape index (κ3) is 4.14. The first kappa shape index (κ1) is 24.7. The third-order valence-corrected chi connectivity index (χ3v) is 11.6. The summed E-state index contributed by atoms with van der Waals surface area (Å²) in [7, 11) is 0. The predicted octanol–water partition coefficient (Wildman–Crippen LogP) is 5.46. The predicted molar refractivity (Wildman–Crippen MR) is 131 cm³/mol. The Balaban J connectivity index is 1.62. The fourth-order valence-electron chi connectivity index (χ4n) is 9.08. The van der Waals surface area contributed by atoms with Crippen molar-refractivity contribution in [1.29, 1.82) is 0 Å². The molecule has 0 saturated heterocycles. The number of halogens is 1. The lowest BCUT2D eigenvalue weighted by atomic mass is 9.43. The van der Waals surface area contributed by atoms with Crippen molar-refractivity contribution in [3.8, 4) is 0 Å². The summed E-state index contributed by atoms with van der Waals surface area (Å²) in [5, 5.41) is 19.8. The number of esters is 1. The van der Waals surface area contributed by atoms with Crippen LogP contribution in [0.25, 0.3) is 0 Å². The number of hydrogen-bond acceptors (Lipinski definition) is 4. The molecule has 0 aromatic heterocycles. The SMILES string of the molecule is CC(=O)O[C@H]1CC2C[C@H](O)CC[C@]2(C)C2CC[C@]3(C)C(C(C)CC(I)C(=O)O)CCC3C21. The average Bonchev–Trinajstić information content (AvgIpc) is 3.06. The molecule has 0 spiro atoms. The molecule has 32 heavy (non-hydrogen) atoms. The van der Waals surface area contributed by atoms with Crippen LogP contribution in [-0.4, -0.2) is 38.3 Å². The number of hydrogen-bond donors (Lipinski definition) is 2. The molecule has 0 bridgehead atoms. The van der Waals surface area contributed by atoms with Crippen molar-refractivity contribution in [3.05, 3.63) is 0 Å². The zero-order chi connectivity index (χ0) is 23.4. The highest BCUT2D eigenvalue weighted by Gasteiger charge is 2.63. The summed E-state index contributed by atoms with van der Waals surface area (Å²) >= 11 is 2.08. The van der Waals surface area contributed by atoms with E-state index in [9.17, 15) is 19.8 Å². The summed E-state index contributed by atoms with van der Waals surface area (Å²) in [5.74, 6) is 1.90. The molecule has 4 aliphatic carbocycles. The summed E-state index contributed by atoms with van der Waals surface area (Å²) in [6, 6.07) is 0. The van der Waals surface area contributed by atoms with Crippen LogP contribution in [0, 0.1) is 46.3 Å². The van der Waals surface area contributed by atoms with E-state index in [1.807, 2.05) is 0 Å². The van der Waals surface area contributed by atoms with Crippen molar-refractivity contribution in [2.75, 3.05) is 0 Å². The molecule has 11 atom stereocenters. The minimum absolute atomic E-state index is 0.0455. The van der Waals surface area contributed by atoms with Gasteiger partial charge in [0.05, 0.1) is 6.10 Å². The molecule has 0 amide bonds. The topological polar surface area (TPSA) is 83.8 Å². The lowest BCUT2D eigenvalue weighted by Gasteiger charge is -2.62. The Morgan fingerprint density at radius 3 is 2.38 bits per heavy atom. The van der Waals surface area contributed by atoms with Crippen LogP contribution in [0.5, 0.6) is 0 Å². The number of rotatable bonds is 5. The van der Waals surface area contributed by atoms with Crippen LogP contribution in [0.4, 0.5) is 0 Å². The zero-order valence-electron chi connectivity index (χ0n) is 20.1. The number of carbonyl (C=O) groups excluding carboxylic acids is 1. The highest BCUT2D eigenvalue weighted by atomic mass is 127. The van der Waals surface area contributed by atoms with E-state index in [2.05, 4.69) is 43.4 Å². The fraction of sp³-hybridized carbons (Fsp3) is 0.923. The van der Waals surface area contributed by atoms with Gasteiger partial charge in [0.1, 0.15) is 10.0 Å². The van der Waals surface area contributed by atoms with E-state index in [1.54, 1.807) is 0 Å². The maximum atomic E-state index is 12.1. The molecule has 5 nitrogen and oxygen atoms in total. The Bertz CT molecular complexity index is 742. The minimum Gasteiger partial charge on any atom is -0.480 e. The molecule has 4 rings (SSSR count). The number of carbonyl (C=O) groups is 2. The first-order chi connectivity index (χ1) is 15.0. The molecule has 6 heteroatoms. The van der Waals surface area contributed by atoms with Crippen LogP contribution >= 0.6 is 22.6 Å². The van der Waals surface area contributed by atoms with Gasteiger partial charge in [0, 0.05) is 12.8 Å². The third-order valence-electron chi connectivity index (χ3n) is 10.6. The van der Waals surface area contributed by atoms with Crippen LogP contribution in [-0.2, 0) is 14.3 Å². The van der Waals surface area contributed by atoms with Gasteiger partial charge < -0.3 is 14.9 Å². The van der Waals surface area contributed by atoms with E-state index >= 15 is 0 Å². The summed E-state index contributed by atoms with van der Waals surface area (Å²) < 4.78 is 5.70. The van der Waals surface area contributed by atoms with E-state index in [1.165, 1.54) is 13.3 Å². The quantitative estimate of drug-likeness (QED) is 0.265. The van der Waals surface area contributed by atoms with Gasteiger partial charge >= 0.3 is 11.9 Å². The van der Waals surface area contributed by atoms with Gasteiger partial charge in [0.2, 0.25) is 0 Å². The molecule has 0 aliphatic heterocycles. The maximum Gasteiger partial charge on any atom is 0.316 e. The largest absolute Gasteiger partial charge is 0.480 e. The van der Waals surface area contributed by atoms with Gasteiger partial charge in [-0.1, -0.05) is 43.4 Å². The molecule has 4 aliphatic rings. The van der Waals surface area contributed by atoms with Crippen molar-refractivity contribution < 1.29 is 24.5 Å². The van der Waals surface area contributed by atoms with Crippen LogP contribution in [0.3, 0.4) is 0 Å². The molecule has 0 radical (unpaired) electrons. The molecule has 0 heterocycles. The lowest BCUT2D eigenvalue weighted by Crippen LogP contribution is -2.59. The highest BCUT2D eigenvalue weighted by molar-refractivity contribution is 14.1. The van der Waals surface area contributed by atoms with E-state index in [4.69, 9.17) is 4.74 Å². The average molecular weight is 561 g/mol. The Morgan fingerprint density at radius 1 is 1.06 bits per heavy atom. The van der Waals surface area contributed by atoms with Gasteiger partial charge in [-0.15, -0.1) is 0 Å². The maximum absolute atomic E-state index is 12.1. The zero-order valence-corrected chi connectivity index (χ0v) is 22.2. The number of ether oxygens (including phenoxy) is 1. The number of aliphatic hydroxyl groups is 1. The van der Waals surface area contributed by atoms with Crippen LogP contribution < -0.4 is 0 Å². The minimum atomic E-state index is -0.707. The number of carboxylic acids is 1. The molecule has 182 valence electrons. The van der Waals surface area contributed by atoms with Gasteiger partial charge in [0.15, 0.2) is 0 Å². The Kier molecular flexibility index (Phi) is 6.97. The second-order valence-corrected chi connectivity index (χ2v) is 13.6. The highest BCUT2D eigenvalue weighted by Crippen LogP contribution is 2.68. The number of fused-ring (bicyclic) bond motifs is 5. The fourth-order valence-corrected chi connectivity index (χ4v) is 9.88. The number of carboxylic acid groups (broad SMARTS) is 1. The van der Waals surface area contributed by atoms with Crippen LogP contribution in [0.2, 0.25) is 0 Å². The van der Waals surface area contributed by atoms with E-state index in [-0.39, 0.29) is 32.9 Å². The summed E-state index contributed by atoms with van der Waals surface area (Å²) in [6.07, 6.45) is 8.81. The molecule has 0 aromatic rings. The van der Waals surface area contributed by atoms with Crippen LogP contribution in [0.1, 0.15) is 85.5 Å². The molecule has 7 unspecified atom stereocenters. The Labute approximate surface area is 206 Å². The number of aliphatic hydroxyl groups excluding tert-OH is 1. The van der Waals surface area contributed by atoms with Crippen molar-refractivity contribution in [3.63, 3.8) is 0 Å². The first-order valence-corrected chi connectivity index (χ1v) is 13.9. The monoisotopic (exact) mass is 560 g/mol. The summed E-state index contributed by atoms with van der Waals surface area (Å²) in [4.78, 5) is 23.6. The van der Waals surface area contributed by atoms with Gasteiger partial charge in [0.25, 0.3) is 0 Å². The second kappa shape index (κ2) is 9.01. The van der Waals surface area contributed by atoms with Gasteiger partial charge in [-0.05, 0) is 98.2 Å². The normalized spacial score (nSPS) is 47.5.